The summed E-state index contributed by atoms with van der Waals surface area (Å²) in [4.78, 5) is 16.7. The van der Waals surface area contributed by atoms with Gasteiger partial charge in [0.15, 0.2) is 0 Å². The zero-order chi connectivity index (χ0) is 13.0. The monoisotopic (exact) mass is 281 g/mol. The van der Waals surface area contributed by atoms with Crippen molar-refractivity contribution in [1.29, 1.82) is 0 Å². The maximum absolute atomic E-state index is 10.4. The number of aromatic nitrogens is 3. The molecule has 7 heteroatoms. The average molecular weight is 281 g/mol. The molecule has 0 aliphatic heterocycles. The van der Waals surface area contributed by atoms with E-state index < -0.39 is 5.97 Å². The Hall–Kier alpha value is -1.60. The molecular weight excluding hydrogens is 270 g/mol. The second-order valence-electron chi connectivity index (χ2n) is 3.47. The molecule has 0 radical (unpaired) electrons. The second-order valence-corrected chi connectivity index (χ2v) is 5.61. The van der Waals surface area contributed by atoms with Gasteiger partial charge in [-0.25, -0.2) is 9.78 Å². The number of nitrogens with zero attached hydrogens (tertiary/aromatic N) is 2. The summed E-state index contributed by atoms with van der Waals surface area (Å²) in [5.41, 5.74) is 0. The van der Waals surface area contributed by atoms with Gasteiger partial charge >= 0.3 is 5.97 Å². The minimum absolute atomic E-state index is 0.725. The highest BCUT2D eigenvalue weighted by Gasteiger charge is 2.03. The molecule has 0 saturated heterocycles. The Morgan fingerprint density at radius 3 is 3.11 bits per heavy atom. The standard InChI is InChI=1S/C11H11N3O2S2/c1-7-12-11(14-13-7)17-6-9-3-2-8(18-9)4-5-10(15)16/h2-5H,6H2,1H3,(H,15,16)(H,12,13,14). The molecule has 0 unspecified atom stereocenters. The van der Waals surface area contributed by atoms with E-state index in [0.29, 0.717) is 0 Å². The fourth-order valence-corrected chi connectivity index (χ4v) is 3.04. The molecule has 2 rings (SSSR count). The number of aromatic amines is 1. The zero-order valence-corrected chi connectivity index (χ0v) is 11.2. The van der Waals surface area contributed by atoms with E-state index in [-0.39, 0.29) is 0 Å². The summed E-state index contributed by atoms with van der Waals surface area (Å²) in [6.45, 7) is 1.86. The molecule has 0 fully saturated rings. The Balaban J connectivity index is 1.92. The molecule has 94 valence electrons. The van der Waals surface area contributed by atoms with E-state index in [9.17, 15) is 4.79 Å². The Morgan fingerprint density at radius 1 is 1.61 bits per heavy atom. The van der Waals surface area contributed by atoms with Crippen molar-refractivity contribution in [2.45, 2.75) is 17.8 Å². The number of aryl methyl sites for hydroxylation is 1. The van der Waals surface area contributed by atoms with Crippen LogP contribution in [0.3, 0.4) is 0 Å². The topological polar surface area (TPSA) is 78.9 Å². The summed E-state index contributed by atoms with van der Waals surface area (Å²) < 4.78 is 0. The highest BCUT2D eigenvalue weighted by molar-refractivity contribution is 7.98. The molecule has 2 N–H and O–H groups in total. The first-order valence-corrected chi connectivity index (χ1v) is 6.95. The van der Waals surface area contributed by atoms with Crippen molar-refractivity contribution < 1.29 is 9.90 Å². The van der Waals surface area contributed by atoms with Gasteiger partial charge in [0.25, 0.3) is 0 Å². The van der Waals surface area contributed by atoms with Crippen LogP contribution in [-0.2, 0) is 10.5 Å². The first-order chi connectivity index (χ1) is 8.63. The lowest BCUT2D eigenvalue weighted by molar-refractivity contribution is -0.131. The van der Waals surface area contributed by atoms with Gasteiger partial charge in [0.2, 0.25) is 5.16 Å². The number of hydrogen-bond acceptors (Lipinski definition) is 5. The second kappa shape index (κ2) is 5.83. The fourth-order valence-electron chi connectivity index (χ4n) is 1.24. The SMILES string of the molecule is Cc1nc(SCc2ccc(C=CC(=O)O)s2)n[nH]1. The highest BCUT2D eigenvalue weighted by atomic mass is 32.2. The van der Waals surface area contributed by atoms with E-state index in [1.54, 1.807) is 29.2 Å². The van der Waals surface area contributed by atoms with Gasteiger partial charge in [0, 0.05) is 21.6 Å². The van der Waals surface area contributed by atoms with E-state index in [1.165, 1.54) is 0 Å². The van der Waals surface area contributed by atoms with Crippen LogP contribution in [0.5, 0.6) is 0 Å². The van der Waals surface area contributed by atoms with E-state index >= 15 is 0 Å². The maximum Gasteiger partial charge on any atom is 0.328 e. The Bertz CT molecular complexity index is 574. The third-order valence-corrected chi connectivity index (χ3v) is 4.12. The van der Waals surface area contributed by atoms with Crippen LogP contribution in [0.2, 0.25) is 0 Å². The molecule has 0 aliphatic rings. The number of thioether (sulfide) groups is 1. The first kappa shape index (κ1) is 12.8. The summed E-state index contributed by atoms with van der Waals surface area (Å²) >= 11 is 3.11. The minimum atomic E-state index is -0.935. The number of aliphatic carboxylic acids is 1. The van der Waals surface area contributed by atoms with Crippen LogP contribution < -0.4 is 0 Å². The lowest BCUT2D eigenvalue weighted by Gasteiger charge is -1.92. The van der Waals surface area contributed by atoms with Gasteiger partial charge in [-0.15, -0.1) is 16.4 Å². The number of hydrogen-bond donors (Lipinski definition) is 2. The molecule has 0 spiro atoms. The summed E-state index contributed by atoms with van der Waals surface area (Å²) in [5, 5.41) is 16.1. The minimum Gasteiger partial charge on any atom is -0.478 e. The van der Waals surface area contributed by atoms with Crippen molar-refractivity contribution in [2.75, 3.05) is 0 Å². The number of thiophene rings is 1. The van der Waals surface area contributed by atoms with Crippen LogP contribution >= 0.6 is 23.1 Å². The predicted octanol–water partition coefficient (Wildman–Crippen LogP) is 2.56. The van der Waals surface area contributed by atoms with Crippen LogP contribution in [0.25, 0.3) is 6.08 Å². The lowest BCUT2D eigenvalue weighted by atomic mass is 10.4. The van der Waals surface area contributed by atoms with Gasteiger partial charge in [0.1, 0.15) is 5.82 Å². The summed E-state index contributed by atoms with van der Waals surface area (Å²) in [7, 11) is 0. The maximum atomic E-state index is 10.4. The molecule has 5 nitrogen and oxygen atoms in total. The Morgan fingerprint density at radius 2 is 2.44 bits per heavy atom. The number of carboxylic acid groups (broad SMARTS) is 1. The van der Waals surface area contributed by atoms with Gasteiger partial charge in [-0.2, -0.15) is 0 Å². The molecule has 0 aliphatic carbocycles. The van der Waals surface area contributed by atoms with E-state index in [0.717, 1.165) is 32.6 Å². The van der Waals surface area contributed by atoms with Gasteiger partial charge in [-0.3, -0.25) is 5.10 Å². The van der Waals surface area contributed by atoms with Crippen LogP contribution in [0.1, 0.15) is 15.6 Å². The first-order valence-electron chi connectivity index (χ1n) is 5.15. The van der Waals surface area contributed by atoms with Crippen molar-refractivity contribution in [3.05, 3.63) is 33.8 Å². The van der Waals surface area contributed by atoms with Crippen LogP contribution in [-0.4, -0.2) is 26.3 Å². The molecule has 18 heavy (non-hydrogen) atoms. The van der Waals surface area contributed by atoms with Crippen LogP contribution in [0.4, 0.5) is 0 Å². The third kappa shape index (κ3) is 3.71. The van der Waals surface area contributed by atoms with E-state index in [2.05, 4.69) is 15.2 Å². The molecule has 0 saturated carbocycles. The number of carboxylic acids is 1. The Labute approximate surface area is 112 Å². The van der Waals surface area contributed by atoms with Gasteiger partial charge in [0.05, 0.1) is 0 Å². The quantitative estimate of drug-likeness (QED) is 0.650. The zero-order valence-electron chi connectivity index (χ0n) is 9.58. The highest BCUT2D eigenvalue weighted by Crippen LogP contribution is 2.25. The van der Waals surface area contributed by atoms with Gasteiger partial charge < -0.3 is 5.11 Å². The molecule has 0 atom stereocenters. The number of carbonyl (C=O) groups is 1. The molecule has 0 bridgehead atoms. The van der Waals surface area contributed by atoms with Crippen molar-refractivity contribution in [3.63, 3.8) is 0 Å². The lowest BCUT2D eigenvalue weighted by Crippen LogP contribution is -1.84. The molecule has 2 aromatic rings. The van der Waals surface area contributed by atoms with Crippen molar-refractivity contribution in [3.8, 4) is 0 Å². The number of nitrogens with one attached hydrogen (secondary N) is 1. The molecule has 0 amide bonds. The normalized spacial score (nSPS) is 11.2. The smallest absolute Gasteiger partial charge is 0.328 e. The average Bonchev–Trinajstić information content (AvgIpc) is 2.93. The fraction of sp³-hybridized carbons (Fsp3) is 0.182. The summed E-state index contributed by atoms with van der Waals surface area (Å²) in [6, 6.07) is 3.89. The summed E-state index contributed by atoms with van der Waals surface area (Å²) in [5.74, 6) is 0.646. The van der Waals surface area contributed by atoms with Gasteiger partial charge in [-0.1, -0.05) is 11.8 Å². The largest absolute Gasteiger partial charge is 0.478 e. The molecular formula is C11H11N3O2S2. The van der Waals surface area contributed by atoms with Crippen molar-refractivity contribution in [1.82, 2.24) is 15.2 Å². The third-order valence-electron chi connectivity index (χ3n) is 1.99. The van der Waals surface area contributed by atoms with E-state index in [1.807, 2.05) is 19.1 Å². The Kier molecular flexibility index (Phi) is 4.16. The van der Waals surface area contributed by atoms with Crippen molar-refractivity contribution in [2.24, 2.45) is 0 Å². The number of H-pyrrole nitrogens is 1. The van der Waals surface area contributed by atoms with Crippen molar-refractivity contribution >= 4 is 35.1 Å². The van der Waals surface area contributed by atoms with E-state index in [4.69, 9.17) is 5.11 Å². The molecule has 0 aromatic carbocycles. The van der Waals surface area contributed by atoms with Crippen LogP contribution in [0, 0.1) is 6.92 Å². The summed E-state index contributed by atoms with van der Waals surface area (Å²) in [6.07, 6.45) is 2.74. The molecule has 2 aromatic heterocycles. The number of rotatable bonds is 5. The van der Waals surface area contributed by atoms with Gasteiger partial charge in [-0.05, 0) is 25.1 Å². The van der Waals surface area contributed by atoms with Crippen LogP contribution in [0.15, 0.2) is 23.4 Å². The predicted molar refractivity (Wildman–Crippen MR) is 71.7 cm³/mol. The molecule has 2 heterocycles.